The normalized spacial score (nSPS) is 29.8. The smallest absolute Gasteiger partial charge is 0.330 e. The molecule has 2 heterocycles. The number of aryl methyl sites for hydroxylation is 1. The van der Waals surface area contributed by atoms with Crippen LogP contribution in [0.2, 0.25) is 0 Å². The average Bonchev–Trinajstić information content (AvgIpc) is 2.70. The molecule has 0 bridgehead atoms. The van der Waals surface area contributed by atoms with Crippen LogP contribution in [0, 0.1) is 6.92 Å². The maximum atomic E-state index is 11.8. The fraction of sp³-hybridized carbons (Fsp3) is 0.600. The Morgan fingerprint density at radius 3 is 2.57 bits per heavy atom. The number of hydrogen-bond acceptors (Lipinski definition) is 6. The molecule has 4 atom stereocenters. The molecule has 2 rings (SSSR count). The Bertz CT molecular complexity index is 695. The lowest BCUT2D eigenvalue weighted by molar-refractivity contribution is -0.0531. The molecule has 0 amide bonds. The number of ether oxygens (including phenoxy) is 1. The van der Waals surface area contributed by atoms with E-state index in [9.17, 15) is 29.6 Å². The molecule has 1 saturated heterocycles. The SMILES string of the molecule is Cc1cn([C@@H]2O[C@H](CO)[C@@H](P(O)(O)=S)[C@@H]2O)c(=O)[nH]c1=O. The van der Waals surface area contributed by atoms with Gasteiger partial charge in [-0.2, -0.15) is 0 Å². The van der Waals surface area contributed by atoms with E-state index >= 15 is 0 Å². The molecule has 5 N–H and O–H groups in total. The molecule has 0 spiro atoms. The van der Waals surface area contributed by atoms with Gasteiger partial charge < -0.3 is 24.7 Å². The molecule has 21 heavy (non-hydrogen) atoms. The average molecular weight is 338 g/mol. The van der Waals surface area contributed by atoms with Gasteiger partial charge in [0.05, 0.1) is 18.4 Å². The Kier molecular flexibility index (Phi) is 4.50. The molecule has 1 aliphatic heterocycles. The number of aliphatic hydroxyl groups is 2. The molecule has 1 aromatic rings. The van der Waals surface area contributed by atoms with E-state index in [1.165, 1.54) is 13.1 Å². The third-order valence-corrected chi connectivity index (χ3v) is 5.47. The predicted octanol–water partition coefficient (Wildman–Crippen LogP) is -2.24. The van der Waals surface area contributed by atoms with Crippen LogP contribution < -0.4 is 11.2 Å². The van der Waals surface area contributed by atoms with Gasteiger partial charge in [0.1, 0.15) is 6.10 Å². The van der Waals surface area contributed by atoms with Crippen LogP contribution in [0.5, 0.6) is 0 Å². The van der Waals surface area contributed by atoms with E-state index < -0.39 is 48.4 Å². The Balaban J connectivity index is 2.48. The van der Waals surface area contributed by atoms with Crippen molar-refractivity contribution in [3.8, 4) is 0 Å². The molecule has 118 valence electrons. The van der Waals surface area contributed by atoms with Crippen LogP contribution in [0.25, 0.3) is 0 Å². The molecule has 0 aliphatic carbocycles. The first-order valence-electron chi connectivity index (χ1n) is 5.98. The predicted molar refractivity (Wildman–Crippen MR) is 75.6 cm³/mol. The standard InChI is InChI=1S/C10H15N2O7PS/c1-4-2-12(10(16)11-8(4)15)9-6(14)7(20(17,18)21)5(3-13)19-9/h2,5-7,9,13-14H,3H2,1H3,(H,11,15,16)(H2,17,18,21)/t5-,6+,7-,9-/m1/s1. The van der Waals surface area contributed by atoms with E-state index in [0.717, 1.165) is 4.57 Å². The van der Waals surface area contributed by atoms with E-state index in [-0.39, 0.29) is 5.56 Å². The molecule has 1 aliphatic rings. The molecular formula is C10H15N2O7PS. The Morgan fingerprint density at radius 2 is 2.10 bits per heavy atom. The molecule has 0 aromatic carbocycles. The largest absolute Gasteiger partial charge is 0.394 e. The third kappa shape index (κ3) is 3.02. The fourth-order valence-electron chi connectivity index (χ4n) is 2.30. The molecule has 0 unspecified atom stereocenters. The van der Waals surface area contributed by atoms with Gasteiger partial charge in [0.25, 0.3) is 5.56 Å². The molecule has 1 fully saturated rings. The van der Waals surface area contributed by atoms with Gasteiger partial charge in [-0.25, -0.2) is 4.79 Å². The Hall–Kier alpha value is -0.870. The van der Waals surface area contributed by atoms with Gasteiger partial charge in [-0.15, -0.1) is 0 Å². The monoisotopic (exact) mass is 338 g/mol. The minimum atomic E-state index is -3.93. The van der Waals surface area contributed by atoms with Crippen molar-refractivity contribution in [1.29, 1.82) is 0 Å². The van der Waals surface area contributed by atoms with Crippen molar-refractivity contribution >= 4 is 18.3 Å². The zero-order valence-corrected chi connectivity index (χ0v) is 12.6. The van der Waals surface area contributed by atoms with Gasteiger partial charge in [-0.05, 0) is 18.7 Å². The molecule has 0 saturated carbocycles. The summed E-state index contributed by atoms with van der Waals surface area (Å²) in [4.78, 5) is 44.4. The topological polar surface area (TPSA) is 145 Å². The van der Waals surface area contributed by atoms with Crippen molar-refractivity contribution in [1.82, 2.24) is 9.55 Å². The van der Waals surface area contributed by atoms with Gasteiger partial charge in [-0.1, -0.05) is 0 Å². The minimum Gasteiger partial charge on any atom is -0.394 e. The fourth-order valence-corrected chi connectivity index (χ4v) is 4.22. The molecule has 1 aromatic heterocycles. The van der Waals surface area contributed by atoms with E-state index in [1.807, 2.05) is 4.98 Å². The summed E-state index contributed by atoms with van der Waals surface area (Å²) in [6, 6.07) is 0. The van der Waals surface area contributed by atoms with Crippen LogP contribution in [-0.2, 0) is 16.5 Å². The lowest BCUT2D eigenvalue weighted by atomic mass is 10.2. The molecule has 11 heteroatoms. The number of nitrogens with one attached hydrogen (secondary N) is 1. The maximum absolute atomic E-state index is 11.8. The summed E-state index contributed by atoms with van der Waals surface area (Å²) >= 11 is 4.57. The summed E-state index contributed by atoms with van der Waals surface area (Å²) in [5.41, 5.74) is -2.48. The number of aromatic amines is 1. The van der Waals surface area contributed by atoms with E-state index in [2.05, 4.69) is 11.8 Å². The van der Waals surface area contributed by atoms with E-state index in [1.54, 1.807) is 0 Å². The third-order valence-electron chi connectivity index (χ3n) is 3.33. The van der Waals surface area contributed by atoms with Crippen molar-refractivity contribution < 1.29 is 24.7 Å². The maximum Gasteiger partial charge on any atom is 0.330 e. The zero-order valence-electron chi connectivity index (χ0n) is 10.9. The number of aromatic nitrogens is 2. The highest BCUT2D eigenvalue weighted by atomic mass is 32.5. The number of nitrogens with zero attached hydrogens (tertiary/aromatic N) is 1. The lowest BCUT2D eigenvalue weighted by Crippen LogP contribution is -2.38. The van der Waals surface area contributed by atoms with Gasteiger partial charge >= 0.3 is 5.69 Å². The second-order valence-electron chi connectivity index (χ2n) is 4.80. The van der Waals surface area contributed by atoms with Gasteiger partial charge in [-0.3, -0.25) is 14.3 Å². The highest BCUT2D eigenvalue weighted by Crippen LogP contribution is 2.51. The first-order chi connectivity index (χ1) is 9.66. The highest BCUT2D eigenvalue weighted by Gasteiger charge is 2.50. The summed E-state index contributed by atoms with van der Waals surface area (Å²) in [6.45, 7) is -3.07. The van der Waals surface area contributed by atoms with Gasteiger partial charge in [0.2, 0.25) is 0 Å². The molecule has 9 nitrogen and oxygen atoms in total. The van der Waals surface area contributed by atoms with Gasteiger partial charge in [0, 0.05) is 11.8 Å². The quantitative estimate of drug-likeness (QED) is 0.389. The molecular weight excluding hydrogens is 323 g/mol. The second kappa shape index (κ2) is 5.73. The first-order valence-corrected chi connectivity index (χ1v) is 8.76. The van der Waals surface area contributed by atoms with Crippen molar-refractivity contribution in [2.24, 2.45) is 0 Å². The Labute approximate surface area is 123 Å². The number of hydrogen-bond donors (Lipinski definition) is 5. The zero-order chi connectivity index (χ0) is 15.9. The van der Waals surface area contributed by atoms with Crippen molar-refractivity contribution in [3.05, 3.63) is 32.6 Å². The lowest BCUT2D eigenvalue weighted by Gasteiger charge is -2.23. The Morgan fingerprint density at radius 1 is 1.48 bits per heavy atom. The van der Waals surface area contributed by atoms with Crippen molar-refractivity contribution in [3.63, 3.8) is 0 Å². The summed E-state index contributed by atoms with van der Waals surface area (Å²) in [6.07, 6.45) is -2.72. The minimum absolute atomic E-state index is 0.210. The summed E-state index contributed by atoms with van der Waals surface area (Å²) in [5.74, 6) is 0. The van der Waals surface area contributed by atoms with E-state index in [0.29, 0.717) is 0 Å². The summed E-state index contributed by atoms with van der Waals surface area (Å²) in [5, 5.41) is 19.4. The number of H-pyrrole nitrogens is 1. The second-order valence-corrected chi connectivity index (χ2v) is 8.18. The van der Waals surface area contributed by atoms with Crippen LogP contribution in [0.15, 0.2) is 15.8 Å². The van der Waals surface area contributed by atoms with Crippen LogP contribution >= 0.6 is 6.49 Å². The van der Waals surface area contributed by atoms with Crippen molar-refractivity contribution in [2.45, 2.75) is 31.0 Å². The van der Waals surface area contributed by atoms with Crippen LogP contribution in [0.3, 0.4) is 0 Å². The number of rotatable bonds is 3. The molecule has 0 radical (unpaired) electrons. The highest BCUT2D eigenvalue weighted by molar-refractivity contribution is 8.09. The van der Waals surface area contributed by atoms with E-state index in [4.69, 9.17) is 4.74 Å². The summed E-state index contributed by atoms with van der Waals surface area (Å²) < 4.78 is 6.23. The van der Waals surface area contributed by atoms with Gasteiger partial charge in [0.15, 0.2) is 12.7 Å². The van der Waals surface area contributed by atoms with Crippen LogP contribution in [0.1, 0.15) is 11.8 Å². The van der Waals surface area contributed by atoms with Crippen molar-refractivity contribution in [2.75, 3.05) is 6.61 Å². The van der Waals surface area contributed by atoms with Crippen LogP contribution in [0.4, 0.5) is 0 Å². The van der Waals surface area contributed by atoms with Crippen LogP contribution in [-0.4, -0.2) is 54.0 Å². The number of aliphatic hydroxyl groups excluding tert-OH is 2. The first kappa shape index (κ1) is 16.5. The summed E-state index contributed by atoms with van der Waals surface area (Å²) in [7, 11) is 0.